The van der Waals surface area contributed by atoms with E-state index in [-0.39, 0.29) is 0 Å². The Morgan fingerprint density at radius 3 is 2.70 bits per heavy atom. The van der Waals surface area contributed by atoms with Gasteiger partial charge in [0.05, 0.1) is 6.33 Å². The average Bonchev–Trinajstić information content (AvgIpc) is 2.98. The van der Waals surface area contributed by atoms with Crippen molar-refractivity contribution in [3.8, 4) is 11.5 Å². The van der Waals surface area contributed by atoms with Crippen molar-refractivity contribution in [3.05, 3.63) is 37.2 Å². The first-order valence-electron chi connectivity index (χ1n) is 6.61. The van der Waals surface area contributed by atoms with Crippen LogP contribution in [0.3, 0.4) is 0 Å². The van der Waals surface area contributed by atoms with Gasteiger partial charge in [-0.25, -0.2) is 15.0 Å². The van der Waals surface area contributed by atoms with Crippen LogP contribution in [0.2, 0.25) is 0 Å². The Morgan fingerprint density at radius 2 is 1.95 bits per heavy atom. The minimum atomic E-state index is 0.802. The molecular weight excluding hydrogens is 252 g/mol. The van der Waals surface area contributed by atoms with Crippen LogP contribution in [-0.2, 0) is 6.54 Å². The standard InChI is InChI=1S/C14H16N6/c1-3-8-20-10-18-13(12-14(20)17-9-16-12)19(2)11-4-6-15-7-5-11/h4-7,9-10H,3,8H2,1-2H3. The maximum atomic E-state index is 4.54. The van der Waals surface area contributed by atoms with Gasteiger partial charge in [0.25, 0.3) is 0 Å². The predicted octanol–water partition coefficient (Wildman–Crippen LogP) is 2.35. The Balaban J connectivity index is 2.05. The van der Waals surface area contributed by atoms with Gasteiger partial charge in [0.15, 0.2) is 17.3 Å². The molecule has 0 spiro atoms. The fraction of sp³-hybridized carbons (Fsp3) is 0.286. The van der Waals surface area contributed by atoms with Crippen LogP contribution in [-0.4, -0.2) is 31.6 Å². The third kappa shape index (κ3) is 2.09. The van der Waals surface area contributed by atoms with Crippen molar-refractivity contribution < 1.29 is 0 Å². The lowest BCUT2D eigenvalue weighted by atomic mass is 10.3. The van der Waals surface area contributed by atoms with Gasteiger partial charge in [-0.2, -0.15) is 0 Å². The van der Waals surface area contributed by atoms with Gasteiger partial charge in [-0.3, -0.25) is 4.98 Å². The molecule has 0 aliphatic carbocycles. The quantitative estimate of drug-likeness (QED) is 0.727. The first-order chi connectivity index (χ1) is 9.81. The van der Waals surface area contributed by atoms with Gasteiger partial charge < -0.3 is 9.47 Å². The summed E-state index contributed by atoms with van der Waals surface area (Å²) in [6, 6.07) is 3.88. The molecule has 0 fully saturated rings. The molecule has 2 aliphatic heterocycles. The number of imidazole rings is 1. The Hall–Kier alpha value is -2.50. The highest BCUT2D eigenvalue weighted by Gasteiger charge is 2.19. The highest BCUT2D eigenvalue weighted by molar-refractivity contribution is 5.73. The van der Waals surface area contributed by atoms with Crippen LogP contribution in [0, 0.1) is 0 Å². The van der Waals surface area contributed by atoms with E-state index in [9.17, 15) is 0 Å². The summed E-state index contributed by atoms with van der Waals surface area (Å²) in [6.07, 6.45) is 7.98. The molecule has 0 bridgehead atoms. The first-order valence-corrected chi connectivity index (χ1v) is 6.61. The van der Waals surface area contributed by atoms with Gasteiger partial charge in [-0.1, -0.05) is 6.92 Å². The SMILES string of the molecule is CCCn1cnc(N(C)c2ccncc2)c2ncnc1-2. The lowest BCUT2D eigenvalue weighted by molar-refractivity contribution is 0.659. The van der Waals surface area contributed by atoms with Crippen molar-refractivity contribution in [2.45, 2.75) is 19.9 Å². The third-order valence-corrected chi connectivity index (χ3v) is 3.21. The normalized spacial score (nSPS) is 10.9. The Labute approximate surface area is 117 Å². The molecule has 1 aromatic heterocycles. The summed E-state index contributed by atoms with van der Waals surface area (Å²) in [5, 5.41) is 0. The van der Waals surface area contributed by atoms with Gasteiger partial charge in [-0.15, -0.1) is 0 Å². The zero-order valence-corrected chi connectivity index (χ0v) is 11.6. The van der Waals surface area contributed by atoms with Crippen molar-refractivity contribution in [2.24, 2.45) is 0 Å². The number of aromatic nitrogens is 5. The number of nitrogens with zero attached hydrogens (tertiary/aromatic N) is 6. The molecule has 2 aliphatic rings. The molecule has 3 rings (SSSR count). The van der Waals surface area contributed by atoms with E-state index in [1.165, 1.54) is 0 Å². The second-order valence-electron chi connectivity index (χ2n) is 4.57. The van der Waals surface area contributed by atoms with E-state index < -0.39 is 0 Å². The number of fused-ring (bicyclic) bond motifs is 1. The van der Waals surface area contributed by atoms with E-state index in [1.54, 1.807) is 18.7 Å². The Kier molecular flexibility index (Phi) is 3.28. The fourth-order valence-electron chi connectivity index (χ4n) is 2.21. The molecular formula is C14H16N6. The zero-order valence-electron chi connectivity index (χ0n) is 11.6. The molecule has 0 saturated carbocycles. The molecule has 0 atom stereocenters. The largest absolute Gasteiger partial charge is 0.327 e. The molecule has 6 nitrogen and oxygen atoms in total. The monoisotopic (exact) mass is 268 g/mol. The number of hydrogen-bond donors (Lipinski definition) is 0. The molecule has 3 heterocycles. The minimum absolute atomic E-state index is 0.802. The van der Waals surface area contributed by atoms with Gasteiger partial charge in [-0.05, 0) is 18.6 Å². The van der Waals surface area contributed by atoms with E-state index in [1.807, 2.05) is 35.0 Å². The van der Waals surface area contributed by atoms with Crippen LogP contribution >= 0.6 is 0 Å². The Morgan fingerprint density at radius 1 is 1.15 bits per heavy atom. The number of hydrogen-bond acceptors (Lipinski definition) is 5. The van der Waals surface area contributed by atoms with Crippen molar-refractivity contribution in [2.75, 3.05) is 11.9 Å². The van der Waals surface area contributed by atoms with Crippen LogP contribution in [0.5, 0.6) is 0 Å². The second kappa shape index (κ2) is 5.24. The summed E-state index contributed by atoms with van der Waals surface area (Å²) < 4.78 is 2.03. The molecule has 0 radical (unpaired) electrons. The number of anilines is 2. The molecule has 0 aromatic carbocycles. The highest BCUT2D eigenvalue weighted by Crippen LogP contribution is 2.30. The lowest BCUT2D eigenvalue weighted by Gasteiger charge is -2.21. The third-order valence-electron chi connectivity index (χ3n) is 3.21. The summed E-state index contributed by atoms with van der Waals surface area (Å²) in [5.74, 6) is 1.67. The van der Waals surface area contributed by atoms with Gasteiger partial charge in [0.2, 0.25) is 0 Å². The molecule has 0 unspecified atom stereocenters. The van der Waals surface area contributed by atoms with Gasteiger partial charge >= 0.3 is 0 Å². The topological polar surface area (TPSA) is 59.7 Å². The summed E-state index contributed by atoms with van der Waals surface area (Å²) in [7, 11) is 1.97. The van der Waals surface area contributed by atoms with Crippen molar-refractivity contribution in [1.82, 2.24) is 24.5 Å². The molecule has 0 saturated heterocycles. The van der Waals surface area contributed by atoms with Crippen LogP contribution in [0.4, 0.5) is 11.5 Å². The van der Waals surface area contributed by atoms with E-state index in [0.717, 1.165) is 36.0 Å². The van der Waals surface area contributed by atoms with Gasteiger partial charge in [0, 0.05) is 31.7 Å². The van der Waals surface area contributed by atoms with Crippen molar-refractivity contribution in [3.63, 3.8) is 0 Å². The molecule has 6 heteroatoms. The van der Waals surface area contributed by atoms with E-state index >= 15 is 0 Å². The summed E-state index contributed by atoms with van der Waals surface area (Å²) >= 11 is 0. The maximum Gasteiger partial charge on any atom is 0.165 e. The fourth-order valence-corrected chi connectivity index (χ4v) is 2.21. The molecule has 0 amide bonds. The van der Waals surface area contributed by atoms with E-state index in [2.05, 4.69) is 26.9 Å². The second-order valence-corrected chi connectivity index (χ2v) is 4.57. The van der Waals surface area contributed by atoms with Crippen LogP contribution in [0.15, 0.2) is 37.2 Å². The molecule has 20 heavy (non-hydrogen) atoms. The summed E-state index contributed by atoms with van der Waals surface area (Å²) in [5.41, 5.74) is 1.84. The Bertz CT molecular complexity index is 663. The maximum absolute atomic E-state index is 4.54. The zero-order chi connectivity index (χ0) is 13.9. The average molecular weight is 268 g/mol. The molecule has 0 N–H and O–H groups in total. The first kappa shape index (κ1) is 12.5. The van der Waals surface area contributed by atoms with Crippen LogP contribution in [0.25, 0.3) is 11.5 Å². The lowest BCUT2D eigenvalue weighted by Crippen LogP contribution is -2.16. The van der Waals surface area contributed by atoms with Crippen molar-refractivity contribution >= 4 is 11.5 Å². The number of aryl methyl sites for hydroxylation is 1. The van der Waals surface area contributed by atoms with Gasteiger partial charge in [0.1, 0.15) is 6.33 Å². The molecule has 1 aromatic rings. The van der Waals surface area contributed by atoms with Crippen LogP contribution in [0.1, 0.15) is 13.3 Å². The smallest absolute Gasteiger partial charge is 0.165 e. The minimum Gasteiger partial charge on any atom is -0.327 e. The molecule has 102 valence electrons. The summed E-state index contributed by atoms with van der Waals surface area (Å²) in [4.78, 5) is 19.3. The highest BCUT2D eigenvalue weighted by atomic mass is 15.2. The van der Waals surface area contributed by atoms with Crippen molar-refractivity contribution in [1.29, 1.82) is 0 Å². The number of rotatable bonds is 4. The van der Waals surface area contributed by atoms with E-state index in [4.69, 9.17) is 0 Å². The van der Waals surface area contributed by atoms with Crippen LogP contribution < -0.4 is 4.90 Å². The summed E-state index contributed by atoms with van der Waals surface area (Å²) in [6.45, 7) is 3.02. The number of pyridine rings is 1. The van der Waals surface area contributed by atoms with E-state index in [0.29, 0.717) is 0 Å². The predicted molar refractivity (Wildman–Crippen MR) is 77.0 cm³/mol.